The van der Waals surface area contributed by atoms with Gasteiger partial charge in [0.25, 0.3) is 0 Å². The molecule has 1 aromatic heterocycles. The highest BCUT2D eigenvalue weighted by molar-refractivity contribution is 5.72. The van der Waals surface area contributed by atoms with Crippen LogP contribution in [0.5, 0.6) is 11.5 Å². The molecule has 0 saturated carbocycles. The molecule has 102 valence electrons. The molecular formula is C13H18N4O2. The summed E-state index contributed by atoms with van der Waals surface area (Å²) in [5.41, 5.74) is 8.50. The van der Waals surface area contributed by atoms with Gasteiger partial charge in [0.05, 0.1) is 31.9 Å². The molecule has 0 aliphatic heterocycles. The number of hydrogen-bond acceptors (Lipinski definition) is 5. The number of imidazole rings is 1. The van der Waals surface area contributed by atoms with E-state index in [9.17, 15) is 0 Å². The van der Waals surface area contributed by atoms with Gasteiger partial charge < -0.3 is 25.5 Å². The molecule has 0 saturated heterocycles. The minimum Gasteiger partial charge on any atom is -0.493 e. The highest BCUT2D eigenvalue weighted by Crippen LogP contribution is 2.34. The summed E-state index contributed by atoms with van der Waals surface area (Å²) in [4.78, 5) is 7.02. The number of nitrogens with two attached hydrogens (primary N) is 1. The van der Waals surface area contributed by atoms with E-state index in [1.807, 2.05) is 6.07 Å². The van der Waals surface area contributed by atoms with Crippen molar-refractivity contribution in [3.8, 4) is 11.5 Å². The fourth-order valence-corrected chi connectivity index (χ4v) is 1.80. The maximum atomic E-state index is 5.96. The Morgan fingerprint density at radius 3 is 2.63 bits per heavy atom. The molecule has 0 aliphatic rings. The normalized spacial score (nSPS) is 10.2. The van der Waals surface area contributed by atoms with Crippen LogP contribution in [0.1, 0.15) is 5.69 Å². The number of rotatable bonds is 6. The van der Waals surface area contributed by atoms with Gasteiger partial charge in [-0.3, -0.25) is 0 Å². The van der Waals surface area contributed by atoms with Gasteiger partial charge >= 0.3 is 0 Å². The van der Waals surface area contributed by atoms with Crippen LogP contribution in [0.3, 0.4) is 0 Å². The Morgan fingerprint density at radius 1 is 1.26 bits per heavy atom. The molecule has 6 nitrogen and oxygen atoms in total. The molecule has 0 bridgehead atoms. The molecule has 2 aromatic rings. The fraction of sp³-hybridized carbons (Fsp3) is 0.308. The molecule has 6 heteroatoms. The molecule has 19 heavy (non-hydrogen) atoms. The molecule has 1 aromatic carbocycles. The maximum absolute atomic E-state index is 5.96. The lowest BCUT2D eigenvalue weighted by Gasteiger charge is -2.13. The van der Waals surface area contributed by atoms with Gasteiger partial charge in [0, 0.05) is 37.0 Å². The van der Waals surface area contributed by atoms with E-state index in [0.29, 0.717) is 17.2 Å². The van der Waals surface area contributed by atoms with Gasteiger partial charge in [-0.1, -0.05) is 0 Å². The van der Waals surface area contributed by atoms with Gasteiger partial charge in [-0.25, -0.2) is 4.98 Å². The summed E-state index contributed by atoms with van der Waals surface area (Å²) in [7, 11) is 3.19. The van der Waals surface area contributed by atoms with Crippen LogP contribution in [0.15, 0.2) is 24.7 Å². The number of ether oxygens (including phenoxy) is 2. The number of nitrogens with zero attached hydrogens (tertiary/aromatic N) is 1. The first-order chi connectivity index (χ1) is 9.24. The van der Waals surface area contributed by atoms with Gasteiger partial charge in [-0.05, 0) is 0 Å². The van der Waals surface area contributed by atoms with E-state index in [1.165, 1.54) is 0 Å². The topological polar surface area (TPSA) is 85.2 Å². The van der Waals surface area contributed by atoms with Crippen LogP contribution in [0.4, 0.5) is 11.4 Å². The first kappa shape index (κ1) is 13.1. The van der Waals surface area contributed by atoms with E-state index >= 15 is 0 Å². The molecule has 1 heterocycles. The van der Waals surface area contributed by atoms with E-state index in [1.54, 1.807) is 32.8 Å². The smallest absolute Gasteiger partial charge is 0.162 e. The number of nitrogens with one attached hydrogen (secondary N) is 2. The van der Waals surface area contributed by atoms with E-state index in [4.69, 9.17) is 15.2 Å². The maximum Gasteiger partial charge on any atom is 0.162 e. The van der Waals surface area contributed by atoms with Crippen LogP contribution in [0.2, 0.25) is 0 Å². The lowest BCUT2D eigenvalue weighted by molar-refractivity contribution is 0.355. The SMILES string of the molecule is COc1cc(N)c(NCCc2cnc[nH]2)cc1OC. The third-order valence-electron chi connectivity index (χ3n) is 2.82. The molecular weight excluding hydrogens is 244 g/mol. The van der Waals surface area contributed by atoms with Crippen molar-refractivity contribution in [3.63, 3.8) is 0 Å². The van der Waals surface area contributed by atoms with Crippen LogP contribution in [0, 0.1) is 0 Å². The van der Waals surface area contributed by atoms with Crippen molar-refractivity contribution in [2.45, 2.75) is 6.42 Å². The number of methoxy groups -OCH3 is 2. The molecule has 0 unspecified atom stereocenters. The van der Waals surface area contributed by atoms with Crippen molar-refractivity contribution in [1.82, 2.24) is 9.97 Å². The summed E-state index contributed by atoms with van der Waals surface area (Å²) in [6.45, 7) is 0.752. The average Bonchev–Trinajstić information content (AvgIpc) is 2.93. The van der Waals surface area contributed by atoms with Crippen molar-refractivity contribution in [3.05, 3.63) is 30.4 Å². The van der Waals surface area contributed by atoms with Crippen molar-refractivity contribution >= 4 is 11.4 Å². The summed E-state index contributed by atoms with van der Waals surface area (Å²) in [5.74, 6) is 1.28. The molecule has 0 atom stereocenters. The summed E-state index contributed by atoms with van der Waals surface area (Å²) in [6.07, 6.45) is 4.31. The largest absolute Gasteiger partial charge is 0.493 e. The molecule has 2 rings (SSSR count). The van der Waals surface area contributed by atoms with Gasteiger partial charge in [-0.2, -0.15) is 0 Å². The quantitative estimate of drug-likeness (QED) is 0.689. The molecule has 4 N–H and O–H groups in total. The molecule has 0 aliphatic carbocycles. The molecule has 0 spiro atoms. The predicted octanol–water partition coefficient (Wildman–Crippen LogP) is 1.66. The summed E-state index contributed by atoms with van der Waals surface area (Å²) in [5, 5.41) is 3.27. The highest BCUT2D eigenvalue weighted by atomic mass is 16.5. The van der Waals surface area contributed by atoms with Crippen LogP contribution < -0.4 is 20.5 Å². The second kappa shape index (κ2) is 5.99. The number of anilines is 2. The number of hydrogen-bond donors (Lipinski definition) is 3. The zero-order valence-electron chi connectivity index (χ0n) is 11.1. The number of aromatic nitrogens is 2. The molecule has 0 amide bonds. The second-order valence-corrected chi connectivity index (χ2v) is 4.05. The Hall–Kier alpha value is -2.37. The van der Waals surface area contributed by atoms with Crippen LogP contribution >= 0.6 is 0 Å². The number of nitrogen functional groups attached to an aromatic ring is 1. The first-order valence-corrected chi connectivity index (χ1v) is 5.97. The van der Waals surface area contributed by atoms with Gasteiger partial charge in [-0.15, -0.1) is 0 Å². The van der Waals surface area contributed by atoms with E-state index in [0.717, 1.165) is 24.3 Å². The predicted molar refractivity (Wildman–Crippen MR) is 74.7 cm³/mol. The van der Waals surface area contributed by atoms with E-state index < -0.39 is 0 Å². The standard InChI is InChI=1S/C13H18N4O2/c1-18-12-5-10(14)11(6-13(12)19-2)16-4-3-9-7-15-8-17-9/h5-8,16H,3-4,14H2,1-2H3,(H,15,17). The van der Waals surface area contributed by atoms with Gasteiger partial charge in [0.15, 0.2) is 11.5 Å². The number of benzene rings is 1. The van der Waals surface area contributed by atoms with Crippen molar-refractivity contribution in [2.75, 3.05) is 31.8 Å². The highest BCUT2D eigenvalue weighted by Gasteiger charge is 2.08. The van der Waals surface area contributed by atoms with Gasteiger partial charge in [0.1, 0.15) is 0 Å². The van der Waals surface area contributed by atoms with Crippen LogP contribution in [-0.4, -0.2) is 30.7 Å². The molecule has 0 radical (unpaired) electrons. The lowest BCUT2D eigenvalue weighted by atomic mass is 10.2. The average molecular weight is 262 g/mol. The van der Waals surface area contributed by atoms with Crippen LogP contribution in [0.25, 0.3) is 0 Å². The summed E-state index contributed by atoms with van der Waals surface area (Å²) in [6, 6.07) is 3.58. The molecule has 0 fully saturated rings. The summed E-state index contributed by atoms with van der Waals surface area (Å²) >= 11 is 0. The zero-order chi connectivity index (χ0) is 13.7. The van der Waals surface area contributed by atoms with Crippen molar-refractivity contribution in [2.24, 2.45) is 0 Å². The zero-order valence-corrected chi connectivity index (χ0v) is 11.1. The second-order valence-electron chi connectivity index (χ2n) is 4.05. The number of aromatic amines is 1. The Morgan fingerprint density at radius 2 is 2.00 bits per heavy atom. The Balaban J connectivity index is 2.03. The monoisotopic (exact) mass is 262 g/mol. The van der Waals surface area contributed by atoms with Crippen LogP contribution in [-0.2, 0) is 6.42 Å². The van der Waals surface area contributed by atoms with Gasteiger partial charge in [0.2, 0.25) is 0 Å². The minimum atomic E-state index is 0.624. The van der Waals surface area contributed by atoms with E-state index in [2.05, 4.69) is 15.3 Å². The summed E-state index contributed by atoms with van der Waals surface area (Å²) < 4.78 is 10.4. The first-order valence-electron chi connectivity index (χ1n) is 5.97. The van der Waals surface area contributed by atoms with Crippen molar-refractivity contribution in [1.29, 1.82) is 0 Å². The Bertz CT molecular complexity index is 526. The third kappa shape index (κ3) is 3.09. The van der Waals surface area contributed by atoms with Crippen molar-refractivity contribution < 1.29 is 9.47 Å². The number of H-pyrrole nitrogens is 1. The lowest BCUT2D eigenvalue weighted by Crippen LogP contribution is -2.07. The minimum absolute atomic E-state index is 0.624. The third-order valence-corrected chi connectivity index (χ3v) is 2.82. The fourth-order valence-electron chi connectivity index (χ4n) is 1.80. The Labute approximate surface area is 111 Å². The Kier molecular flexibility index (Phi) is 4.12. The van der Waals surface area contributed by atoms with E-state index in [-0.39, 0.29) is 0 Å².